The molecule has 6 nitrogen and oxygen atoms in total. The van der Waals surface area contributed by atoms with Crippen LogP contribution in [0.2, 0.25) is 0 Å². The highest BCUT2D eigenvalue weighted by Gasteiger charge is 2.09. The zero-order valence-electron chi connectivity index (χ0n) is 15.3. The monoisotopic (exact) mass is 376 g/mol. The Morgan fingerprint density at radius 2 is 2.08 bits per heavy atom. The number of hydrogen-bond acceptors (Lipinski definition) is 4. The van der Waals surface area contributed by atoms with Crippen LogP contribution >= 0.6 is 12.2 Å². The maximum Gasteiger partial charge on any atom is 0.166 e. The molecule has 1 aliphatic rings. The van der Waals surface area contributed by atoms with Crippen LogP contribution in [0.5, 0.6) is 5.75 Å². The highest BCUT2D eigenvalue weighted by atomic mass is 32.1. The number of benzene rings is 1. The fourth-order valence-electron chi connectivity index (χ4n) is 3.20. The van der Waals surface area contributed by atoms with Gasteiger partial charge in [-0.25, -0.2) is 0 Å². The zero-order chi connectivity index (χ0) is 18.2. The SMILES string of the molecule is COc1ccc2c(CCNC(=S)NCCCN3CCOCC3)c[nH]c2c1. The molecule has 1 fully saturated rings. The normalized spacial score (nSPS) is 15.1. The molecule has 0 saturated carbocycles. The number of nitrogens with one attached hydrogen (secondary N) is 3. The smallest absolute Gasteiger partial charge is 0.166 e. The molecular weight excluding hydrogens is 348 g/mol. The molecule has 2 heterocycles. The third kappa shape index (κ3) is 5.33. The van der Waals surface area contributed by atoms with Gasteiger partial charge in [0.25, 0.3) is 0 Å². The third-order valence-corrected chi connectivity index (χ3v) is 4.98. The van der Waals surface area contributed by atoms with Crippen molar-refractivity contribution in [2.45, 2.75) is 12.8 Å². The summed E-state index contributed by atoms with van der Waals surface area (Å²) in [7, 11) is 1.68. The first-order valence-electron chi connectivity index (χ1n) is 9.22. The highest BCUT2D eigenvalue weighted by molar-refractivity contribution is 7.80. The molecule has 7 heteroatoms. The number of morpholine rings is 1. The molecule has 0 atom stereocenters. The Morgan fingerprint density at radius 1 is 1.27 bits per heavy atom. The lowest BCUT2D eigenvalue weighted by Gasteiger charge is -2.26. The second-order valence-corrected chi connectivity index (χ2v) is 6.87. The van der Waals surface area contributed by atoms with Crippen LogP contribution < -0.4 is 15.4 Å². The molecule has 0 bridgehead atoms. The van der Waals surface area contributed by atoms with Crippen molar-refractivity contribution >= 4 is 28.2 Å². The van der Waals surface area contributed by atoms with Gasteiger partial charge in [0.15, 0.2) is 5.11 Å². The lowest BCUT2D eigenvalue weighted by molar-refractivity contribution is 0.0376. The molecule has 3 N–H and O–H groups in total. The van der Waals surface area contributed by atoms with E-state index in [0.717, 1.165) is 75.2 Å². The van der Waals surface area contributed by atoms with Gasteiger partial charge in [-0.3, -0.25) is 4.90 Å². The molecule has 2 aromatic rings. The first kappa shape index (κ1) is 18.9. The van der Waals surface area contributed by atoms with Gasteiger partial charge in [0.2, 0.25) is 0 Å². The van der Waals surface area contributed by atoms with Crippen molar-refractivity contribution in [1.82, 2.24) is 20.5 Å². The van der Waals surface area contributed by atoms with E-state index in [1.165, 1.54) is 10.9 Å². The second kappa shape index (κ2) is 9.75. The second-order valence-electron chi connectivity index (χ2n) is 6.47. The van der Waals surface area contributed by atoms with Crippen molar-refractivity contribution in [3.63, 3.8) is 0 Å². The van der Waals surface area contributed by atoms with Crippen LogP contribution in [0.4, 0.5) is 0 Å². The summed E-state index contributed by atoms with van der Waals surface area (Å²) in [6, 6.07) is 6.11. The summed E-state index contributed by atoms with van der Waals surface area (Å²) in [6.07, 6.45) is 4.07. The first-order chi connectivity index (χ1) is 12.8. The number of H-pyrrole nitrogens is 1. The summed E-state index contributed by atoms with van der Waals surface area (Å²) in [5, 5.41) is 8.55. The number of rotatable bonds is 8. The lowest BCUT2D eigenvalue weighted by Crippen LogP contribution is -2.40. The van der Waals surface area contributed by atoms with Gasteiger partial charge >= 0.3 is 0 Å². The number of nitrogens with zero attached hydrogens (tertiary/aromatic N) is 1. The van der Waals surface area contributed by atoms with E-state index in [1.807, 2.05) is 12.1 Å². The van der Waals surface area contributed by atoms with Gasteiger partial charge in [-0.1, -0.05) is 0 Å². The summed E-state index contributed by atoms with van der Waals surface area (Å²) in [6.45, 7) is 6.60. The Hall–Kier alpha value is -1.83. The van der Waals surface area contributed by atoms with E-state index in [1.54, 1.807) is 7.11 Å². The van der Waals surface area contributed by atoms with Crippen molar-refractivity contribution in [2.75, 3.05) is 53.0 Å². The average molecular weight is 377 g/mol. The summed E-state index contributed by atoms with van der Waals surface area (Å²) in [5.41, 5.74) is 2.38. The van der Waals surface area contributed by atoms with E-state index < -0.39 is 0 Å². The molecule has 0 radical (unpaired) electrons. The molecular formula is C19H28N4O2S. The first-order valence-corrected chi connectivity index (χ1v) is 9.63. The van der Waals surface area contributed by atoms with E-state index in [0.29, 0.717) is 0 Å². The van der Waals surface area contributed by atoms with Crippen molar-refractivity contribution < 1.29 is 9.47 Å². The fourth-order valence-corrected chi connectivity index (χ4v) is 3.41. The molecule has 0 amide bonds. The molecule has 1 saturated heterocycles. The van der Waals surface area contributed by atoms with Gasteiger partial charge in [-0.2, -0.15) is 0 Å². The molecule has 142 valence electrons. The Morgan fingerprint density at radius 3 is 2.88 bits per heavy atom. The Kier molecular flexibility index (Phi) is 7.11. The number of ether oxygens (including phenoxy) is 2. The van der Waals surface area contributed by atoms with Crippen molar-refractivity contribution in [2.24, 2.45) is 0 Å². The lowest BCUT2D eigenvalue weighted by atomic mass is 10.1. The van der Waals surface area contributed by atoms with Gasteiger partial charge in [-0.15, -0.1) is 0 Å². The third-order valence-electron chi connectivity index (χ3n) is 4.69. The van der Waals surface area contributed by atoms with Gasteiger partial charge in [0.05, 0.1) is 20.3 Å². The minimum atomic E-state index is 0.730. The number of fused-ring (bicyclic) bond motifs is 1. The van der Waals surface area contributed by atoms with E-state index in [4.69, 9.17) is 21.7 Å². The maximum atomic E-state index is 5.37. The summed E-state index contributed by atoms with van der Waals surface area (Å²) in [5.74, 6) is 0.867. The summed E-state index contributed by atoms with van der Waals surface area (Å²) in [4.78, 5) is 5.74. The molecule has 1 aromatic carbocycles. The molecule has 1 aromatic heterocycles. The quantitative estimate of drug-likeness (QED) is 0.483. The van der Waals surface area contributed by atoms with E-state index in [-0.39, 0.29) is 0 Å². The minimum absolute atomic E-state index is 0.730. The van der Waals surface area contributed by atoms with Crippen LogP contribution in [0.3, 0.4) is 0 Å². The molecule has 3 rings (SSSR count). The fraction of sp³-hybridized carbons (Fsp3) is 0.526. The zero-order valence-corrected chi connectivity index (χ0v) is 16.2. The van der Waals surface area contributed by atoms with E-state index in [9.17, 15) is 0 Å². The molecule has 1 aliphatic heterocycles. The van der Waals surface area contributed by atoms with Crippen molar-refractivity contribution in [3.05, 3.63) is 30.0 Å². The molecule has 0 unspecified atom stereocenters. The van der Waals surface area contributed by atoms with E-state index >= 15 is 0 Å². The number of hydrogen-bond donors (Lipinski definition) is 3. The number of aromatic nitrogens is 1. The Bertz CT molecular complexity index is 713. The average Bonchev–Trinajstić information content (AvgIpc) is 3.08. The van der Waals surface area contributed by atoms with Crippen LogP contribution in [0.15, 0.2) is 24.4 Å². The largest absolute Gasteiger partial charge is 0.497 e. The minimum Gasteiger partial charge on any atom is -0.497 e. The molecule has 0 aliphatic carbocycles. The van der Waals surface area contributed by atoms with Gasteiger partial charge in [0.1, 0.15) is 5.75 Å². The Labute approximate surface area is 160 Å². The van der Waals surface area contributed by atoms with Crippen LogP contribution in [-0.4, -0.2) is 68.0 Å². The Balaban J connectivity index is 1.33. The standard InChI is InChI=1S/C19H28N4O2S/c1-24-16-3-4-17-15(14-22-18(17)13-16)5-7-21-19(26)20-6-2-8-23-9-11-25-12-10-23/h3-4,13-14,22H,2,5-12H2,1H3,(H2,20,21,26). The predicted octanol–water partition coefficient (Wildman–Crippen LogP) is 1.91. The topological polar surface area (TPSA) is 61.6 Å². The maximum absolute atomic E-state index is 5.37. The van der Waals surface area contributed by atoms with Crippen molar-refractivity contribution in [1.29, 1.82) is 0 Å². The van der Waals surface area contributed by atoms with Crippen LogP contribution in [0.1, 0.15) is 12.0 Å². The van der Waals surface area contributed by atoms with Gasteiger partial charge in [0, 0.05) is 49.3 Å². The van der Waals surface area contributed by atoms with Crippen molar-refractivity contribution in [3.8, 4) is 5.75 Å². The summed E-state index contributed by atoms with van der Waals surface area (Å²) < 4.78 is 10.6. The number of methoxy groups -OCH3 is 1. The van der Waals surface area contributed by atoms with Crippen LogP contribution in [0, 0.1) is 0 Å². The summed E-state index contributed by atoms with van der Waals surface area (Å²) >= 11 is 5.37. The van der Waals surface area contributed by atoms with E-state index in [2.05, 4.69) is 32.8 Å². The highest BCUT2D eigenvalue weighted by Crippen LogP contribution is 2.23. The van der Waals surface area contributed by atoms with Crippen LogP contribution in [0.25, 0.3) is 10.9 Å². The van der Waals surface area contributed by atoms with Crippen LogP contribution in [-0.2, 0) is 11.2 Å². The molecule has 0 spiro atoms. The van der Waals surface area contributed by atoms with Gasteiger partial charge in [-0.05, 0) is 49.3 Å². The number of thiocarbonyl (C=S) groups is 1. The van der Waals surface area contributed by atoms with Gasteiger partial charge < -0.3 is 25.1 Å². The molecule has 26 heavy (non-hydrogen) atoms. The number of aromatic amines is 1. The predicted molar refractivity (Wildman–Crippen MR) is 109 cm³/mol.